The highest BCUT2D eigenvalue weighted by Gasteiger charge is 2.28. The second-order valence-electron chi connectivity index (χ2n) is 4.41. The summed E-state index contributed by atoms with van der Waals surface area (Å²) in [5.41, 5.74) is 1.18. The van der Waals surface area contributed by atoms with Gasteiger partial charge in [0.1, 0.15) is 4.32 Å². The van der Waals surface area contributed by atoms with Crippen LogP contribution in [0.4, 0.5) is 0 Å². The first-order valence-corrected chi connectivity index (χ1v) is 9.84. The second kappa shape index (κ2) is 6.56. The van der Waals surface area contributed by atoms with E-state index in [0.717, 1.165) is 10.2 Å². The first-order valence-electron chi connectivity index (χ1n) is 5.83. The minimum atomic E-state index is -2.85. The zero-order chi connectivity index (χ0) is 13.9. The summed E-state index contributed by atoms with van der Waals surface area (Å²) in [6.45, 7) is 0. The Hall–Kier alpha value is -0.110. The van der Waals surface area contributed by atoms with Crippen molar-refractivity contribution in [2.45, 2.75) is 18.2 Å². The monoisotopic (exact) mass is 379 g/mol. The van der Waals surface area contributed by atoms with Gasteiger partial charge in [-0.15, -0.1) is 0 Å². The van der Waals surface area contributed by atoms with Gasteiger partial charge in [0.05, 0.1) is 11.5 Å². The maximum atomic E-state index is 11.4. The Kier molecular flexibility index (Phi) is 5.28. The summed E-state index contributed by atoms with van der Waals surface area (Å²) in [6, 6.07) is 7.97. The molecule has 1 heterocycles. The van der Waals surface area contributed by atoms with Gasteiger partial charge in [0.25, 0.3) is 0 Å². The first kappa shape index (κ1) is 15.3. The van der Waals surface area contributed by atoms with Crippen LogP contribution in [0, 0.1) is 0 Å². The predicted octanol–water partition coefficient (Wildman–Crippen LogP) is 2.74. The summed E-state index contributed by atoms with van der Waals surface area (Å²) in [6.07, 6.45) is 0.651. The van der Waals surface area contributed by atoms with E-state index in [4.69, 9.17) is 12.2 Å². The van der Waals surface area contributed by atoms with Gasteiger partial charge in [-0.2, -0.15) is 0 Å². The van der Waals surface area contributed by atoms with Crippen molar-refractivity contribution in [1.29, 1.82) is 0 Å². The van der Waals surface area contributed by atoms with Crippen LogP contribution < -0.4 is 5.32 Å². The Labute approximate surface area is 131 Å². The second-order valence-corrected chi connectivity index (χ2v) is 9.15. The number of benzene rings is 1. The lowest BCUT2D eigenvalue weighted by Gasteiger charge is -2.13. The van der Waals surface area contributed by atoms with Gasteiger partial charge in [0, 0.05) is 16.3 Å². The van der Waals surface area contributed by atoms with Crippen molar-refractivity contribution in [2.75, 3.05) is 11.5 Å². The van der Waals surface area contributed by atoms with E-state index in [9.17, 15) is 8.42 Å². The van der Waals surface area contributed by atoms with Crippen LogP contribution in [-0.2, 0) is 15.6 Å². The minimum absolute atomic E-state index is 0.0239. The molecule has 1 atom stereocenters. The van der Waals surface area contributed by atoms with Crippen LogP contribution in [0.1, 0.15) is 12.0 Å². The van der Waals surface area contributed by atoms with Gasteiger partial charge in [-0.3, -0.25) is 0 Å². The third-order valence-corrected chi connectivity index (χ3v) is 6.72. The normalized spacial score (nSPS) is 21.2. The number of thioether (sulfide) groups is 1. The third kappa shape index (κ3) is 4.73. The van der Waals surface area contributed by atoms with Crippen molar-refractivity contribution < 1.29 is 8.42 Å². The fraction of sp³-hybridized carbons (Fsp3) is 0.417. The molecule has 1 N–H and O–H groups in total. The highest BCUT2D eigenvalue weighted by molar-refractivity contribution is 9.10. The molecule has 0 amide bonds. The SMILES string of the molecule is O=S1(=O)CC[C@@H](NC(=S)SCc2ccccc2Br)C1. The van der Waals surface area contributed by atoms with E-state index in [-0.39, 0.29) is 17.5 Å². The van der Waals surface area contributed by atoms with Crippen LogP contribution in [0.5, 0.6) is 0 Å². The number of thiocarbonyl (C=S) groups is 1. The highest BCUT2D eigenvalue weighted by atomic mass is 79.9. The smallest absolute Gasteiger partial charge is 0.152 e. The van der Waals surface area contributed by atoms with Gasteiger partial charge < -0.3 is 5.32 Å². The average Bonchev–Trinajstić information content (AvgIpc) is 2.67. The molecule has 1 saturated heterocycles. The van der Waals surface area contributed by atoms with Gasteiger partial charge >= 0.3 is 0 Å². The maximum absolute atomic E-state index is 11.4. The molecule has 3 nitrogen and oxygen atoms in total. The number of sulfone groups is 1. The predicted molar refractivity (Wildman–Crippen MR) is 88.2 cm³/mol. The summed E-state index contributed by atoms with van der Waals surface area (Å²) in [4.78, 5) is 0. The Balaban J connectivity index is 1.81. The number of nitrogens with one attached hydrogen (secondary N) is 1. The Morgan fingerprint density at radius 2 is 2.21 bits per heavy atom. The maximum Gasteiger partial charge on any atom is 0.152 e. The van der Waals surface area contributed by atoms with Crippen LogP contribution in [0.25, 0.3) is 0 Å². The molecule has 1 aromatic rings. The lowest BCUT2D eigenvalue weighted by atomic mass is 10.2. The first-order chi connectivity index (χ1) is 8.96. The van der Waals surface area contributed by atoms with Crippen LogP contribution >= 0.6 is 39.9 Å². The van der Waals surface area contributed by atoms with Crippen LogP contribution in [0.2, 0.25) is 0 Å². The lowest BCUT2D eigenvalue weighted by molar-refractivity contribution is 0.600. The molecule has 0 unspecified atom stereocenters. The van der Waals surface area contributed by atoms with Crippen LogP contribution in [0.3, 0.4) is 0 Å². The minimum Gasteiger partial charge on any atom is -0.367 e. The Morgan fingerprint density at radius 1 is 1.47 bits per heavy atom. The summed E-state index contributed by atoms with van der Waals surface area (Å²) in [5, 5.41) is 3.12. The van der Waals surface area contributed by atoms with Crippen molar-refractivity contribution in [3.63, 3.8) is 0 Å². The van der Waals surface area contributed by atoms with E-state index in [2.05, 4.69) is 21.2 Å². The molecule has 0 bridgehead atoms. The quantitative estimate of drug-likeness (QED) is 0.818. The van der Waals surface area contributed by atoms with Crippen molar-refractivity contribution in [3.05, 3.63) is 34.3 Å². The fourth-order valence-corrected chi connectivity index (χ4v) is 5.29. The van der Waals surface area contributed by atoms with E-state index >= 15 is 0 Å². The molecule has 19 heavy (non-hydrogen) atoms. The van der Waals surface area contributed by atoms with Gasteiger partial charge in [-0.05, 0) is 18.1 Å². The highest BCUT2D eigenvalue weighted by Crippen LogP contribution is 2.22. The van der Waals surface area contributed by atoms with Crippen molar-refractivity contribution in [2.24, 2.45) is 0 Å². The van der Waals surface area contributed by atoms with Gasteiger partial charge in [-0.1, -0.05) is 58.1 Å². The molecule has 1 aliphatic heterocycles. The van der Waals surface area contributed by atoms with Gasteiger partial charge in [0.15, 0.2) is 9.84 Å². The molecular weight excluding hydrogens is 366 g/mol. The molecule has 104 valence electrons. The zero-order valence-electron chi connectivity index (χ0n) is 10.1. The molecule has 0 radical (unpaired) electrons. The molecule has 0 aromatic heterocycles. The van der Waals surface area contributed by atoms with E-state index in [1.54, 1.807) is 0 Å². The molecule has 1 aliphatic rings. The van der Waals surface area contributed by atoms with Crippen LogP contribution in [-0.4, -0.2) is 30.3 Å². The number of hydrogen-bond acceptors (Lipinski definition) is 4. The molecule has 0 saturated carbocycles. The molecule has 0 aliphatic carbocycles. The molecule has 7 heteroatoms. The van der Waals surface area contributed by atoms with Crippen LogP contribution in [0.15, 0.2) is 28.7 Å². The standard InChI is InChI=1S/C12H14BrNO2S3/c13-11-4-2-1-3-9(11)7-18-12(17)14-10-5-6-19(15,16)8-10/h1-4,10H,5-8H2,(H,14,17)/t10-/m1/s1. The van der Waals surface area contributed by atoms with Crippen molar-refractivity contribution >= 4 is 54.1 Å². The molecule has 2 rings (SSSR count). The number of rotatable bonds is 3. The third-order valence-electron chi connectivity index (χ3n) is 2.87. The summed E-state index contributed by atoms with van der Waals surface area (Å²) < 4.78 is 24.4. The van der Waals surface area contributed by atoms with Gasteiger partial charge in [0.2, 0.25) is 0 Å². The average molecular weight is 380 g/mol. The molecule has 1 fully saturated rings. The largest absolute Gasteiger partial charge is 0.367 e. The number of hydrogen-bond donors (Lipinski definition) is 1. The van der Waals surface area contributed by atoms with E-state index in [1.165, 1.54) is 17.3 Å². The van der Waals surface area contributed by atoms with Crippen molar-refractivity contribution in [1.82, 2.24) is 5.32 Å². The molecule has 0 spiro atoms. The van der Waals surface area contributed by atoms with Gasteiger partial charge in [-0.25, -0.2) is 8.42 Å². The Morgan fingerprint density at radius 3 is 2.84 bits per heavy atom. The molecule has 1 aromatic carbocycles. The Bertz CT molecular complexity index is 574. The zero-order valence-corrected chi connectivity index (χ0v) is 14.2. The summed E-state index contributed by atoms with van der Waals surface area (Å²) >= 11 is 10.3. The topological polar surface area (TPSA) is 46.2 Å². The summed E-state index contributed by atoms with van der Waals surface area (Å²) in [7, 11) is -2.85. The molecular formula is C12H14BrNO2S3. The van der Waals surface area contributed by atoms with E-state index in [1.807, 2.05) is 24.3 Å². The summed E-state index contributed by atoms with van der Waals surface area (Å²) in [5.74, 6) is 1.23. The lowest BCUT2D eigenvalue weighted by Crippen LogP contribution is -2.32. The van der Waals surface area contributed by atoms with E-state index < -0.39 is 9.84 Å². The van der Waals surface area contributed by atoms with E-state index in [0.29, 0.717) is 10.7 Å². The number of halogens is 1. The van der Waals surface area contributed by atoms with Crippen molar-refractivity contribution in [3.8, 4) is 0 Å². The fourth-order valence-electron chi connectivity index (χ4n) is 1.88.